The Bertz CT molecular complexity index is 524. The molecule has 1 aromatic rings. The number of nitrogens with zero attached hydrogens (tertiary/aromatic N) is 1. The quantitative estimate of drug-likeness (QED) is 0.684. The smallest absolute Gasteiger partial charge is 0.418 e. The van der Waals surface area contributed by atoms with Gasteiger partial charge in [-0.3, -0.25) is 0 Å². The Labute approximate surface area is 125 Å². The number of aliphatic hydroxyl groups is 1. The second-order valence-corrected chi connectivity index (χ2v) is 7.51. The Kier molecular flexibility index (Phi) is 5.46. The fourth-order valence-corrected chi connectivity index (χ4v) is 2.06. The van der Waals surface area contributed by atoms with Gasteiger partial charge in [-0.25, -0.2) is 0 Å². The molecule has 0 aliphatic rings. The van der Waals surface area contributed by atoms with Crippen molar-refractivity contribution in [2.24, 2.45) is 4.40 Å². The summed E-state index contributed by atoms with van der Waals surface area (Å²) >= 11 is -1.50. The molecule has 0 aromatic heterocycles. The van der Waals surface area contributed by atoms with Crippen LogP contribution in [0.4, 0.5) is 13.2 Å². The van der Waals surface area contributed by atoms with Gasteiger partial charge in [0.15, 0.2) is 6.10 Å². The predicted octanol–water partition coefficient (Wildman–Crippen LogP) is 3.55. The highest BCUT2D eigenvalue weighted by molar-refractivity contribution is 7.91. The van der Waals surface area contributed by atoms with Crippen LogP contribution in [-0.2, 0) is 11.4 Å². The van der Waals surface area contributed by atoms with Crippen molar-refractivity contribution in [3.63, 3.8) is 0 Å². The van der Waals surface area contributed by atoms with Crippen LogP contribution in [0.25, 0.3) is 0 Å². The molecule has 0 amide bonds. The normalized spacial score (nSPS) is 16.7. The molecule has 0 radical (unpaired) electrons. The lowest BCUT2D eigenvalue weighted by atomic mass is 10.0. The van der Waals surface area contributed by atoms with Crippen LogP contribution in [0.5, 0.6) is 0 Å². The van der Waals surface area contributed by atoms with Gasteiger partial charge in [0.25, 0.3) is 0 Å². The number of rotatable bonds is 3. The number of hydrogen-bond acceptors (Lipinski definition) is 3. The van der Waals surface area contributed by atoms with Gasteiger partial charge < -0.3 is 9.66 Å². The lowest BCUT2D eigenvalue weighted by molar-refractivity contribution is -0.206. The van der Waals surface area contributed by atoms with E-state index in [2.05, 4.69) is 4.40 Å². The van der Waals surface area contributed by atoms with Gasteiger partial charge in [0, 0.05) is 5.56 Å². The summed E-state index contributed by atoms with van der Waals surface area (Å²) in [4.78, 5) is 0. The maximum atomic E-state index is 12.5. The molecule has 0 aliphatic carbocycles. The highest BCUT2D eigenvalue weighted by atomic mass is 32.2. The molecule has 0 fully saturated rings. The van der Waals surface area contributed by atoms with Crippen LogP contribution in [0.1, 0.15) is 44.9 Å². The summed E-state index contributed by atoms with van der Waals surface area (Å²) in [6.45, 7) is 6.83. The summed E-state index contributed by atoms with van der Waals surface area (Å²) in [6, 6.07) is 5.36. The Morgan fingerprint density at radius 2 is 1.86 bits per heavy atom. The van der Waals surface area contributed by atoms with Gasteiger partial charge in [0.1, 0.15) is 16.1 Å². The van der Waals surface area contributed by atoms with Crippen molar-refractivity contribution in [2.45, 2.75) is 44.7 Å². The largest absolute Gasteiger partial charge is 0.591 e. The Hall–Kier alpha value is -1.05. The number of benzene rings is 1. The molecule has 2 atom stereocenters. The summed E-state index contributed by atoms with van der Waals surface area (Å²) in [5.41, 5.74) is 0.490. The molecule has 1 aromatic carbocycles. The fourth-order valence-electron chi connectivity index (χ4n) is 1.44. The molecule has 1 N–H and O–H groups in total. The third-order valence-electron chi connectivity index (χ3n) is 2.67. The zero-order valence-corrected chi connectivity index (χ0v) is 13.0. The average molecular weight is 321 g/mol. The molecular weight excluding hydrogens is 303 g/mol. The fraction of sp³-hybridized carbons (Fsp3) is 0.500. The van der Waals surface area contributed by atoms with E-state index in [1.165, 1.54) is 18.2 Å². The molecule has 7 heteroatoms. The number of hydrogen-bond donors (Lipinski definition) is 1. The van der Waals surface area contributed by atoms with Crippen LogP contribution in [0.15, 0.2) is 28.7 Å². The number of aliphatic hydroxyl groups excluding tert-OH is 1. The highest BCUT2D eigenvalue weighted by Gasteiger charge is 2.39. The van der Waals surface area contributed by atoms with E-state index in [-0.39, 0.29) is 5.56 Å². The zero-order valence-electron chi connectivity index (χ0n) is 12.2. The summed E-state index contributed by atoms with van der Waals surface area (Å²) < 4.78 is 52.9. The molecule has 1 unspecified atom stereocenters. The van der Waals surface area contributed by atoms with Crippen LogP contribution >= 0.6 is 0 Å². The Balaban J connectivity index is 3.08. The molecule has 0 heterocycles. The third kappa shape index (κ3) is 5.01. The minimum Gasteiger partial charge on any atom is -0.591 e. The first-order valence-electron chi connectivity index (χ1n) is 6.25. The molecule has 0 bridgehead atoms. The van der Waals surface area contributed by atoms with E-state index in [0.717, 1.165) is 0 Å². The van der Waals surface area contributed by atoms with Crippen LogP contribution in [0.2, 0.25) is 0 Å². The maximum absolute atomic E-state index is 12.5. The van der Waals surface area contributed by atoms with Gasteiger partial charge >= 0.3 is 6.18 Å². The highest BCUT2D eigenvalue weighted by Crippen LogP contribution is 2.32. The first kappa shape index (κ1) is 18.0. The van der Waals surface area contributed by atoms with Gasteiger partial charge in [0.05, 0.1) is 5.71 Å². The van der Waals surface area contributed by atoms with Crippen molar-refractivity contribution >= 4 is 17.1 Å². The first-order valence-corrected chi connectivity index (χ1v) is 7.36. The van der Waals surface area contributed by atoms with E-state index in [1.807, 2.05) is 0 Å². The van der Waals surface area contributed by atoms with Crippen LogP contribution in [0, 0.1) is 0 Å². The summed E-state index contributed by atoms with van der Waals surface area (Å²) in [6.07, 6.45) is -7.27. The van der Waals surface area contributed by atoms with Crippen molar-refractivity contribution in [3.05, 3.63) is 35.4 Å². The van der Waals surface area contributed by atoms with Crippen molar-refractivity contribution in [3.8, 4) is 0 Å². The molecule has 0 spiro atoms. The molecule has 0 saturated carbocycles. The molecule has 3 nitrogen and oxygen atoms in total. The summed E-state index contributed by atoms with van der Waals surface area (Å²) in [5.74, 6) is 0. The standard InChI is InChI=1S/C14H18F3NO2S/c1-9(18-21(20)13(2,3)4)10-6-5-7-11(8-10)12(19)14(15,16)17/h5-8,12,19H,1-4H3/t12?,21-/m1/s1. The van der Waals surface area contributed by atoms with E-state index < -0.39 is 28.4 Å². The van der Waals surface area contributed by atoms with Crippen molar-refractivity contribution in [1.29, 1.82) is 0 Å². The minimum atomic E-state index is -4.72. The maximum Gasteiger partial charge on any atom is 0.418 e. The van der Waals surface area contributed by atoms with Crippen molar-refractivity contribution < 1.29 is 22.8 Å². The van der Waals surface area contributed by atoms with Gasteiger partial charge in [0.2, 0.25) is 0 Å². The lowest BCUT2D eigenvalue weighted by Crippen LogP contribution is -2.26. The minimum absolute atomic E-state index is 0.268. The predicted molar refractivity (Wildman–Crippen MR) is 77.6 cm³/mol. The molecule has 0 aliphatic heterocycles. The van der Waals surface area contributed by atoms with E-state index in [0.29, 0.717) is 11.3 Å². The van der Waals surface area contributed by atoms with E-state index >= 15 is 0 Å². The van der Waals surface area contributed by atoms with Crippen LogP contribution in [0.3, 0.4) is 0 Å². The topological polar surface area (TPSA) is 55.7 Å². The second kappa shape index (κ2) is 6.37. The van der Waals surface area contributed by atoms with Crippen LogP contribution in [-0.4, -0.2) is 26.3 Å². The van der Waals surface area contributed by atoms with Gasteiger partial charge in [-0.15, -0.1) is 0 Å². The van der Waals surface area contributed by atoms with Gasteiger partial charge in [-0.1, -0.05) is 22.6 Å². The number of halogens is 3. The van der Waals surface area contributed by atoms with Gasteiger partial charge in [-0.2, -0.15) is 13.2 Å². The van der Waals surface area contributed by atoms with E-state index in [4.69, 9.17) is 0 Å². The molecular formula is C14H18F3NO2S. The third-order valence-corrected chi connectivity index (χ3v) is 4.16. The van der Waals surface area contributed by atoms with Crippen molar-refractivity contribution in [1.82, 2.24) is 0 Å². The average Bonchev–Trinajstić information content (AvgIpc) is 2.35. The Morgan fingerprint density at radius 1 is 1.29 bits per heavy atom. The van der Waals surface area contributed by atoms with Crippen molar-refractivity contribution in [2.75, 3.05) is 0 Å². The zero-order chi connectivity index (χ0) is 16.4. The monoisotopic (exact) mass is 321 g/mol. The molecule has 118 valence electrons. The van der Waals surface area contributed by atoms with Gasteiger partial charge in [-0.05, 0) is 39.3 Å². The van der Waals surface area contributed by atoms with E-state index in [9.17, 15) is 22.8 Å². The first-order chi connectivity index (χ1) is 9.43. The SMILES string of the molecule is CC(=N[S@+]([O-])C(C)(C)C)c1cccc(C(O)C(F)(F)F)c1. The van der Waals surface area contributed by atoms with E-state index in [1.54, 1.807) is 33.8 Å². The lowest BCUT2D eigenvalue weighted by Gasteiger charge is -2.19. The summed E-state index contributed by atoms with van der Waals surface area (Å²) in [5, 5.41) is 9.25. The second-order valence-electron chi connectivity index (χ2n) is 5.61. The molecule has 21 heavy (non-hydrogen) atoms. The molecule has 0 saturated heterocycles. The number of alkyl halides is 3. The summed E-state index contributed by atoms with van der Waals surface area (Å²) in [7, 11) is 0. The van der Waals surface area contributed by atoms with Crippen LogP contribution < -0.4 is 0 Å². The molecule has 1 rings (SSSR count). The Morgan fingerprint density at radius 3 is 2.33 bits per heavy atom.